The van der Waals surface area contributed by atoms with Gasteiger partial charge in [0.15, 0.2) is 0 Å². The van der Waals surface area contributed by atoms with Crippen LogP contribution < -0.4 is 0 Å². The Labute approximate surface area is 332 Å². The minimum atomic E-state index is 0.688. The summed E-state index contributed by atoms with van der Waals surface area (Å²) in [6.07, 6.45) is 11.0. The van der Waals surface area contributed by atoms with Gasteiger partial charge in [0.2, 0.25) is 0 Å². The molecule has 0 amide bonds. The van der Waals surface area contributed by atoms with Crippen molar-refractivity contribution in [2.45, 2.75) is 74.7 Å². The molecule has 0 saturated heterocycles. The molecule has 7 aromatic rings. The highest BCUT2D eigenvalue weighted by atomic mass is 19.2. The maximum Gasteiger partial charge on any atom is 0.0818 e. The number of hydrogen-bond acceptors (Lipinski definition) is 0. The zero-order chi connectivity index (χ0) is 40.3. The Morgan fingerprint density at radius 2 is 1.18 bits per heavy atom. The van der Waals surface area contributed by atoms with E-state index in [-0.39, 0.29) is 0 Å². The second kappa shape index (κ2) is 26.9. The first-order valence-corrected chi connectivity index (χ1v) is 19.6. The van der Waals surface area contributed by atoms with E-state index in [1.165, 1.54) is 33.0 Å². The molecule has 0 N–H and O–H groups in total. The third-order valence-electron chi connectivity index (χ3n) is 8.57. The first kappa shape index (κ1) is 45.4. The topological polar surface area (TPSA) is 4.93 Å². The summed E-state index contributed by atoms with van der Waals surface area (Å²) in [5.41, 5.74) is 8.83. The SMILES string of the molecule is C=C(/C=C\C=C/C)c1cc(C)ccc1C.CC.CCCc1c(C)c2ccccc2n1F.CCc1ccc2ccccc2c1.c1ccccc1.c1ccccc1. The molecule has 0 radical (unpaired) electrons. The number of hydrogen-bond donors (Lipinski definition) is 0. The van der Waals surface area contributed by atoms with Gasteiger partial charge in [0.25, 0.3) is 0 Å². The molecule has 55 heavy (non-hydrogen) atoms. The first-order chi connectivity index (χ1) is 26.8. The molecule has 0 fully saturated rings. The summed E-state index contributed by atoms with van der Waals surface area (Å²) in [6.45, 7) is 20.5. The second-order valence-corrected chi connectivity index (χ2v) is 12.7. The highest BCUT2D eigenvalue weighted by Gasteiger charge is 2.12. The molecule has 7 rings (SSSR count). The Bertz CT molecular complexity index is 2010. The number of rotatable bonds is 6. The van der Waals surface area contributed by atoms with Crippen molar-refractivity contribution in [3.05, 3.63) is 222 Å². The van der Waals surface area contributed by atoms with Crippen LogP contribution in [0.25, 0.3) is 27.2 Å². The van der Waals surface area contributed by atoms with Gasteiger partial charge in [-0.05, 0) is 85.2 Å². The predicted octanol–water partition coefficient (Wildman–Crippen LogP) is 15.9. The molecule has 1 nitrogen and oxygen atoms in total. The number of aromatic nitrogens is 1. The second-order valence-electron chi connectivity index (χ2n) is 12.7. The third-order valence-corrected chi connectivity index (χ3v) is 8.57. The van der Waals surface area contributed by atoms with Crippen LogP contribution in [0.2, 0.25) is 0 Å². The van der Waals surface area contributed by atoms with Gasteiger partial charge in [-0.15, -0.1) is 0 Å². The number of halogens is 1. The Balaban J connectivity index is 0.000000244. The summed E-state index contributed by atoms with van der Waals surface area (Å²) >= 11 is 0. The average Bonchev–Trinajstić information content (AvgIpc) is 3.49. The van der Waals surface area contributed by atoms with Crippen LogP contribution in [0.5, 0.6) is 0 Å². The van der Waals surface area contributed by atoms with Crippen LogP contribution in [0.1, 0.15) is 74.6 Å². The fraction of sp³-hybridized carbons (Fsp3) is 0.208. The number of fused-ring (bicyclic) bond motifs is 2. The van der Waals surface area contributed by atoms with Crippen molar-refractivity contribution in [1.29, 1.82) is 0 Å². The Hall–Kier alpha value is -5.73. The van der Waals surface area contributed by atoms with E-state index >= 15 is 0 Å². The summed E-state index contributed by atoms with van der Waals surface area (Å²) in [6, 6.07) is 53.2. The molecule has 1 heterocycles. The summed E-state index contributed by atoms with van der Waals surface area (Å²) in [4.78, 5) is 0.828. The summed E-state index contributed by atoms with van der Waals surface area (Å²) in [7, 11) is 0. The van der Waals surface area contributed by atoms with E-state index in [1.54, 1.807) is 0 Å². The van der Waals surface area contributed by atoms with Crippen LogP contribution in [0.3, 0.4) is 0 Å². The molecule has 0 atom stereocenters. The van der Waals surface area contributed by atoms with Crippen LogP contribution in [0.15, 0.2) is 189 Å². The Kier molecular flexibility index (Phi) is 22.3. The highest BCUT2D eigenvalue weighted by Crippen LogP contribution is 2.26. The smallest absolute Gasteiger partial charge is 0.0818 e. The van der Waals surface area contributed by atoms with Crippen LogP contribution in [-0.2, 0) is 12.8 Å². The van der Waals surface area contributed by atoms with Gasteiger partial charge in [0.1, 0.15) is 0 Å². The first-order valence-electron chi connectivity index (χ1n) is 19.6. The molecule has 1 aromatic heterocycles. The molecule has 286 valence electrons. The summed E-state index contributed by atoms with van der Waals surface area (Å²) < 4.78 is 13.8. The van der Waals surface area contributed by atoms with Gasteiger partial charge in [-0.1, -0.05) is 227 Å². The van der Waals surface area contributed by atoms with Gasteiger partial charge in [0, 0.05) is 5.39 Å². The van der Waals surface area contributed by atoms with Crippen molar-refractivity contribution in [1.82, 2.24) is 4.79 Å². The summed E-state index contributed by atoms with van der Waals surface area (Å²) in [5, 5.41) is 3.70. The van der Waals surface area contributed by atoms with Gasteiger partial charge in [-0.2, -0.15) is 4.79 Å². The van der Waals surface area contributed by atoms with E-state index in [1.807, 2.05) is 149 Å². The number of para-hydroxylation sites is 1. The van der Waals surface area contributed by atoms with Gasteiger partial charge < -0.3 is 0 Å². The molecule has 0 bridgehead atoms. The van der Waals surface area contributed by atoms with E-state index in [2.05, 4.69) is 94.9 Å². The molecule has 0 unspecified atom stereocenters. The van der Waals surface area contributed by atoms with Crippen molar-refractivity contribution in [2.75, 3.05) is 0 Å². The highest BCUT2D eigenvalue weighted by molar-refractivity contribution is 5.85. The maximum absolute atomic E-state index is 13.8. The molecule has 0 spiro atoms. The van der Waals surface area contributed by atoms with Gasteiger partial charge in [0.05, 0.1) is 11.2 Å². The van der Waals surface area contributed by atoms with E-state index in [0.717, 1.165) is 46.3 Å². The number of benzene rings is 6. The fourth-order valence-corrected chi connectivity index (χ4v) is 5.62. The molecular formula is C53H62FN. The monoisotopic (exact) mass is 731 g/mol. The van der Waals surface area contributed by atoms with Crippen LogP contribution in [0.4, 0.5) is 4.48 Å². The lowest BCUT2D eigenvalue weighted by atomic mass is 9.99. The van der Waals surface area contributed by atoms with Crippen molar-refractivity contribution in [2.24, 2.45) is 0 Å². The van der Waals surface area contributed by atoms with Crippen molar-refractivity contribution >= 4 is 27.2 Å². The average molecular weight is 732 g/mol. The van der Waals surface area contributed by atoms with Crippen LogP contribution >= 0.6 is 0 Å². The molecule has 0 saturated carbocycles. The minimum Gasteiger partial charge on any atom is -0.183 e. The summed E-state index contributed by atoms with van der Waals surface area (Å²) in [5.74, 6) is 0. The number of allylic oxidation sites excluding steroid dienone is 5. The Morgan fingerprint density at radius 1 is 0.636 bits per heavy atom. The van der Waals surface area contributed by atoms with Gasteiger partial charge in [-0.25, -0.2) is 0 Å². The lowest BCUT2D eigenvalue weighted by molar-refractivity contribution is 0.370. The van der Waals surface area contributed by atoms with E-state index in [9.17, 15) is 4.48 Å². The van der Waals surface area contributed by atoms with Crippen LogP contribution in [0, 0.1) is 20.8 Å². The molecular weight excluding hydrogens is 670 g/mol. The zero-order valence-corrected chi connectivity index (χ0v) is 34.5. The minimum absolute atomic E-state index is 0.688. The standard InChI is InChI=1S/C15H18.C12H14FN.C12H12.2C6H6.C2H6/c1-5-6-7-8-13(3)15-11-12(2)9-10-14(15)4;1-3-6-11-9(2)10-7-4-5-8-12(10)14(11)13;1-2-10-7-8-11-5-3-4-6-12(11)9-10;2*1-2-4-6-5-3-1;1-2/h5-11H,3H2,1-2,4H3;4-5,7-8H,3,6H2,1-2H3;3-9H,2H2,1H3;2*1-6H;1-2H3/b6-5-,8-7-;;;;;. The molecule has 0 aliphatic heterocycles. The molecule has 2 heteroatoms. The lowest BCUT2D eigenvalue weighted by Crippen LogP contribution is -1.92. The maximum atomic E-state index is 13.8. The van der Waals surface area contributed by atoms with Crippen LogP contribution in [-0.4, -0.2) is 4.79 Å². The largest absolute Gasteiger partial charge is 0.183 e. The van der Waals surface area contributed by atoms with Gasteiger partial charge >= 0.3 is 0 Å². The van der Waals surface area contributed by atoms with Crippen molar-refractivity contribution < 1.29 is 4.48 Å². The Morgan fingerprint density at radius 3 is 1.71 bits per heavy atom. The number of aryl methyl sites for hydroxylation is 4. The molecule has 0 aliphatic rings. The third kappa shape index (κ3) is 16.0. The molecule has 6 aromatic carbocycles. The van der Waals surface area contributed by atoms with E-state index in [4.69, 9.17) is 0 Å². The number of nitrogens with zero attached hydrogens (tertiary/aromatic N) is 1. The normalized spacial score (nSPS) is 10.1. The predicted molar refractivity (Wildman–Crippen MR) is 244 cm³/mol. The van der Waals surface area contributed by atoms with Crippen molar-refractivity contribution in [3.63, 3.8) is 0 Å². The fourth-order valence-electron chi connectivity index (χ4n) is 5.62. The molecule has 0 aliphatic carbocycles. The zero-order valence-electron chi connectivity index (χ0n) is 34.5. The van der Waals surface area contributed by atoms with Gasteiger partial charge in [-0.3, -0.25) is 0 Å². The quantitative estimate of drug-likeness (QED) is 0.150. The van der Waals surface area contributed by atoms with E-state index < -0.39 is 0 Å². The van der Waals surface area contributed by atoms with Crippen molar-refractivity contribution in [3.8, 4) is 0 Å². The lowest BCUT2D eigenvalue weighted by Gasteiger charge is -2.06. The van der Waals surface area contributed by atoms with E-state index in [0.29, 0.717) is 5.52 Å².